The van der Waals surface area contributed by atoms with Gasteiger partial charge in [-0.2, -0.15) is 0 Å². The molecule has 1 aliphatic rings. The summed E-state index contributed by atoms with van der Waals surface area (Å²) in [6.45, 7) is 3.55. The molecule has 1 fully saturated rings. The van der Waals surface area contributed by atoms with Gasteiger partial charge in [-0.05, 0) is 26.7 Å². The van der Waals surface area contributed by atoms with Crippen molar-refractivity contribution in [2.24, 2.45) is 0 Å². The van der Waals surface area contributed by atoms with Gasteiger partial charge in [0, 0.05) is 12.1 Å². The number of aromatic nitrogens is 2. The number of halogens is 1. The molecule has 1 saturated carbocycles. The first-order valence-corrected chi connectivity index (χ1v) is 6.00. The van der Waals surface area contributed by atoms with Gasteiger partial charge in [0.1, 0.15) is 22.8 Å². The number of rotatable bonds is 4. The molecule has 2 N–H and O–H groups in total. The molecule has 1 unspecified atom stereocenters. The van der Waals surface area contributed by atoms with Gasteiger partial charge in [0.15, 0.2) is 0 Å². The lowest BCUT2D eigenvalue weighted by Gasteiger charge is -2.14. The van der Waals surface area contributed by atoms with Gasteiger partial charge in [-0.15, -0.1) is 0 Å². The van der Waals surface area contributed by atoms with E-state index in [2.05, 4.69) is 20.6 Å². The smallest absolute Gasteiger partial charge is 0.242 e. The summed E-state index contributed by atoms with van der Waals surface area (Å²) in [7, 11) is 0. The van der Waals surface area contributed by atoms with Gasteiger partial charge in [-0.25, -0.2) is 9.97 Å². The summed E-state index contributed by atoms with van der Waals surface area (Å²) in [5.74, 6) is 1.13. The third-order valence-electron chi connectivity index (χ3n) is 2.49. The number of hydrogen-bond donors (Lipinski definition) is 2. The van der Waals surface area contributed by atoms with Crippen LogP contribution in [0.2, 0.25) is 5.15 Å². The highest BCUT2D eigenvalue weighted by Gasteiger charge is 2.25. The van der Waals surface area contributed by atoms with Gasteiger partial charge in [0.05, 0.1) is 0 Å². The standard InChI is InChI=1S/C11H15ClN4O/c1-6(11(17)16-8-3-4-8)13-10-5-9(12)14-7(2)15-10/h5-6,8H,3-4H2,1-2H3,(H,16,17)(H,13,14,15). The first-order valence-electron chi connectivity index (χ1n) is 5.62. The lowest BCUT2D eigenvalue weighted by molar-refractivity contribution is -0.121. The third-order valence-corrected chi connectivity index (χ3v) is 2.68. The Labute approximate surface area is 105 Å². The van der Waals surface area contributed by atoms with E-state index in [1.807, 2.05) is 0 Å². The van der Waals surface area contributed by atoms with E-state index in [-0.39, 0.29) is 11.9 Å². The van der Waals surface area contributed by atoms with E-state index < -0.39 is 0 Å². The van der Waals surface area contributed by atoms with Crippen LogP contribution in [0.4, 0.5) is 5.82 Å². The second-order valence-electron chi connectivity index (χ2n) is 4.27. The molecule has 0 aliphatic heterocycles. The van der Waals surface area contributed by atoms with Crippen LogP contribution in [0.3, 0.4) is 0 Å². The number of nitrogens with one attached hydrogen (secondary N) is 2. The normalized spacial score (nSPS) is 16.4. The summed E-state index contributed by atoms with van der Waals surface area (Å²) in [6.07, 6.45) is 2.16. The van der Waals surface area contributed by atoms with Crippen LogP contribution in [0.15, 0.2) is 6.07 Å². The summed E-state index contributed by atoms with van der Waals surface area (Å²) in [4.78, 5) is 19.8. The largest absolute Gasteiger partial charge is 0.358 e. The van der Waals surface area contributed by atoms with Crippen molar-refractivity contribution in [3.63, 3.8) is 0 Å². The maximum Gasteiger partial charge on any atom is 0.242 e. The fourth-order valence-electron chi connectivity index (χ4n) is 1.45. The van der Waals surface area contributed by atoms with Crippen molar-refractivity contribution in [1.29, 1.82) is 0 Å². The van der Waals surface area contributed by atoms with E-state index in [9.17, 15) is 4.79 Å². The minimum Gasteiger partial charge on any atom is -0.358 e. The Kier molecular flexibility index (Phi) is 3.47. The molecule has 0 saturated heterocycles. The second-order valence-corrected chi connectivity index (χ2v) is 4.66. The number of anilines is 1. The molecule has 0 spiro atoms. The van der Waals surface area contributed by atoms with E-state index in [0.29, 0.717) is 22.8 Å². The molecule has 0 bridgehead atoms. The molecule has 1 aliphatic carbocycles. The maximum absolute atomic E-state index is 11.7. The molecule has 92 valence electrons. The number of amides is 1. The summed E-state index contributed by atoms with van der Waals surface area (Å²) < 4.78 is 0. The van der Waals surface area contributed by atoms with E-state index in [4.69, 9.17) is 11.6 Å². The summed E-state index contributed by atoms with van der Waals surface area (Å²) >= 11 is 5.82. The number of aryl methyl sites for hydroxylation is 1. The molecule has 0 aromatic carbocycles. The number of hydrogen-bond acceptors (Lipinski definition) is 4. The topological polar surface area (TPSA) is 66.9 Å². The Hall–Kier alpha value is -1.36. The van der Waals surface area contributed by atoms with Crippen LogP contribution in [0.1, 0.15) is 25.6 Å². The van der Waals surface area contributed by atoms with Crippen LogP contribution in [-0.2, 0) is 4.79 Å². The molecule has 0 radical (unpaired) electrons. The van der Waals surface area contributed by atoms with E-state index in [1.54, 1.807) is 19.9 Å². The predicted octanol–water partition coefficient (Wildman–Crippen LogP) is 1.52. The van der Waals surface area contributed by atoms with Crippen LogP contribution in [0.25, 0.3) is 0 Å². The van der Waals surface area contributed by atoms with E-state index >= 15 is 0 Å². The van der Waals surface area contributed by atoms with Crippen molar-refractivity contribution in [1.82, 2.24) is 15.3 Å². The van der Waals surface area contributed by atoms with Gasteiger partial charge in [-0.3, -0.25) is 4.79 Å². The zero-order valence-electron chi connectivity index (χ0n) is 9.83. The lowest BCUT2D eigenvalue weighted by atomic mass is 10.3. The molecular weight excluding hydrogens is 240 g/mol. The first-order chi connectivity index (χ1) is 8.04. The van der Waals surface area contributed by atoms with Crippen molar-refractivity contribution in [3.05, 3.63) is 17.0 Å². The van der Waals surface area contributed by atoms with Crippen LogP contribution in [0.5, 0.6) is 0 Å². The number of nitrogens with zero attached hydrogens (tertiary/aromatic N) is 2. The van der Waals surface area contributed by atoms with Crippen molar-refractivity contribution in [2.45, 2.75) is 38.8 Å². The van der Waals surface area contributed by atoms with E-state index in [1.165, 1.54) is 0 Å². The monoisotopic (exact) mass is 254 g/mol. The Morgan fingerprint density at radius 2 is 2.24 bits per heavy atom. The average molecular weight is 255 g/mol. The van der Waals surface area contributed by atoms with Crippen molar-refractivity contribution < 1.29 is 4.79 Å². The zero-order chi connectivity index (χ0) is 12.4. The first kappa shape index (κ1) is 12.1. The summed E-state index contributed by atoms with van der Waals surface area (Å²) in [5.41, 5.74) is 0. The molecule has 1 heterocycles. The van der Waals surface area contributed by atoms with Crippen LogP contribution >= 0.6 is 11.6 Å². The number of carbonyl (C=O) groups excluding carboxylic acids is 1. The van der Waals surface area contributed by atoms with Crippen molar-refractivity contribution in [2.75, 3.05) is 5.32 Å². The molecule has 6 heteroatoms. The van der Waals surface area contributed by atoms with Crippen molar-refractivity contribution in [3.8, 4) is 0 Å². The zero-order valence-corrected chi connectivity index (χ0v) is 10.6. The lowest BCUT2D eigenvalue weighted by Crippen LogP contribution is -2.38. The highest BCUT2D eigenvalue weighted by Crippen LogP contribution is 2.19. The highest BCUT2D eigenvalue weighted by molar-refractivity contribution is 6.29. The van der Waals surface area contributed by atoms with Crippen LogP contribution in [0, 0.1) is 6.92 Å². The molecule has 17 heavy (non-hydrogen) atoms. The Morgan fingerprint density at radius 1 is 1.53 bits per heavy atom. The summed E-state index contributed by atoms with van der Waals surface area (Å²) in [5, 5.41) is 6.30. The average Bonchev–Trinajstić information content (AvgIpc) is 2.99. The molecule has 2 rings (SSSR count). The highest BCUT2D eigenvalue weighted by atomic mass is 35.5. The Bertz CT molecular complexity index is 413. The maximum atomic E-state index is 11.7. The molecule has 1 aromatic rings. The molecule has 5 nitrogen and oxygen atoms in total. The third kappa shape index (κ3) is 3.56. The molecule has 1 atom stereocenters. The minimum atomic E-state index is -0.332. The molecule has 1 aromatic heterocycles. The quantitative estimate of drug-likeness (QED) is 0.800. The summed E-state index contributed by atoms with van der Waals surface area (Å²) in [6, 6.07) is 1.64. The van der Waals surface area contributed by atoms with Gasteiger partial charge >= 0.3 is 0 Å². The van der Waals surface area contributed by atoms with Crippen molar-refractivity contribution >= 4 is 23.3 Å². The Morgan fingerprint density at radius 3 is 2.82 bits per heavy atom. The van der Waals surface area contributed by atoms with Crippen LogP contribution in [-0.4, -0.2) is 28.0 Å². The molecular formula is C11H15ClN4O. The molecule has 1 amide bonds. The van der Waals surface area contributed by atoms with E-state index in [0.717, 1.165) is 12.8 Å². The number of carbonyl (C=O) groups is 1. The van der Waals surface area contributed by atoms with Gasteiger partial charge in [0.2, 0.25) is 5.91 Å². The fraction of sp³-hybridized carbons (Fsp3) is 0.545. The second kappa shape index (κ2) is 4.87. The predicted molar refractivity (Wildman–Crippen MR) is 66.0 cm³/mol. The Balaban J connectivity index is 1.96. The fourth-order valence-corrected chi connectivity index (χ4v) is 1.67. The van der Waals surface area contributed by atoms with Gasteiger partial charge in [-0.1, -0.05) is 11.6 Å². The SMILES string of the molecule is Cc1nc(Cl)cc(NC(C)C(=O)NC2CC2)n1. The van der Waals surface area contributed by atoms with Crippen LogP contribution < -0.4 is 10.6 Å². The minimum absolute atomic E-state index is 0.0140. The van der Waals surface area contributed by atoms with Gasteiger partial charge < -0.3 is 10.6 Å². The van der Waals surface area contributed by atoms with Gasteiger partial charge in [0.25, 0.3) is 0 Å².